The van der Waals surface area contributed by atoms with E-state index in [9.17, 15) is 22.8 Å². The van der Waals surface area contributed by atoms with Crippen LogP contribution in [0.15, 0.2) is 54.6 Å². The molecular formula is C23H30F3N5O2. The predicted molar refractivity (Wildman–Crippen MR) is 121 cm³/mol. The van der Waals surface area contributed by atoms with Crippen LogP contribution in [0.3, 0.4) is 0 Å². The third kappa shape index (κ3) is 8.49. The Bertz CT molecular complexity index is 904. The molecule has 0 radical (unpaired) electrons. The molecular weight excluding hydrogens is 435 g/mol. The zero-order valence-corrected chi connectivity index (χ0v) is 18.1. The van der Waals surface area contributed by atoms with Crippen molar-refractivity contribution >= 4 is 17.5 Å². The first-order chi connectivity index (χ1) is 15.6. The van der Waals surface area contributed by atoms with E-state index < -0.39 is 35.6 Å². The predicted octanol–water partition coefficient (Wildman–Crippen LogP) is 2.01. The number of amides is 2. The van der Waals surface area contributed by atoms with Crippen LogP contribution in [0.25, 0.3) is 0 Å². The summed E-state index contributed by atoms with van der Waals surface area (Å²) in [4.78, 5) is 25.5. The SMILES string of the molecule is NCC(CN)C[C@H](N)C(=O)N[C@@H](CCc1ccccc1)C(=O)Nc1cccc(C(F)(F)F)c1. The molecule has 0 bridgehead atoms. The smallest absolute Gasteiger partial charge is 0.343 e. The first-order valence-corrected chi connectivity index (χ1v) is 10.6. The lowest BCUT2D eigenvalue weighted by Gasteiger charge is -2.23. The Morgan fingerprint density at radius 1 is 0.939 bits per heavy atom. The molecule has 0 spiro atoms. The zero-order chi connectivity index (χ0) is 24.4. The van der Waals surface area contributed by atoms with Gasteiger partial charge in [-0.25, -0.2) is 0 Å². The van der Waals surface area contributed by atoms with Crippen molar-refractivity contribution in [3.05, 3.63) is 65.7 Å². The number of hydrogen-bond donors (Lipinski definition) is 5. The second kappa shape index (κ2) is 12.3. The minimum absolute atomic E-state index is 0.0237. The van der Waals surface area contributed by atoms with Crippen LogP contribution in [0.5, 0.6) is 0 Å². The maximum atomic E-state index is 13.0. The number of carbonyl (C=O) groups excluding carboxylic acids is 2. The summed E-state index contributed by atoms with van der Waals surface area (Å²) in [7, 11) is 0. The molecule has 0 fully saturated rings. The fourth-order valence-electron chi connectivity index (χ4n) is 3.26. The van der Waals surface area contributed by atoms with Crippen LogP contribution in [0.1, 0.15) is 24.0 Å². The number of nitrogens with one attached hydrogen (secondary N) is 2. The molecule has 8 N–H and O–H groups in total. The summed E-state index contributed by atoms with van der Waals surface area (Å²) in [6.45, 7) is 0.538. The molecule has 0 aromatic heterocycles. The second-order valence-electron chi connectivity index (χ2n) is 7.83. The van der Waals surface area contributed by atoms with E-state index in [1.807, 2.05) is 30.3 Å². The lowest BCUT2D eigenvalue weighted by Crippen LogP contribution is -2.51. The van der Waals surface area contributed by atoms with Crippen LogP contribution in [-0.2, 0) is 22.2 Å². The van der Waals surface area contributed by atoms with Gasteiger partial charge in [0.1, 0.15) is 6.04 Å². The van der Waals surface area contributed by atoms with Gasteiger partial charge in [0.2, 0.25) is 11.8 Å². The quantitative estimate of drug-likeness (QED) is 0.346. The number of benzene rings is 2. The summed E-state index contributed by atoms with van der Waals surface area (Å²) in [6.07, 6.45) is -3.60. The molecule has 0 saturated heterocycles. The van der Waals surface area contributed by atoms with Gasteiger partial charge in [-0.2, -0.15) is 13.2 Å². The van der Waals surface area contributed by atoms with Gasteiger partial charge in [0, 0.05) is 5.69 Å². The van der Waals surface area contributed by atoms with Crippen molar-refractivity contribution in [2.75, 3.05) is 18.4 Å². The highest BCUT2D eigenvalue weighted by atomic mass is 19.4. The van der Waals surface area contributed by atoms with Gasteiger partial charge < -0.3 is 27.8 Å². The maximum Gasteiger partial charge on any atom is 0.416 e. The van der Waals surface area contributed by atoms with E-state index in [-0.39, 0.29) is 37.5 Å². The van der Waals surface area contributed by atoms with Crippen LogP contribution < -0.4 is 27.8 Å². The van der Waals surface area contributed by atoms with Crippen molar-refractivity contribution in [3.8, 4) is 0 Å². The highest BCUT2D eigenvalue weighted by molar-refractivity contribution is 5.97. The van der Waals surface area contributed by atoms with Crippen LogP contribution in [0.2, 0.25) is 0 Å². The van der Waals surface area contributed by atoms with Crippen molar-refractivity contribution in [2.45, 2.75) is 37.5 Å². The number of halogens is 3. The molecule has 0 aliphatic heterocycles. The zero-order valence-electron chi connectivity index (χ0n) is 18.1. The maximum absolute atomic E-state index is 13.0. The third-order valence-corrected chi connectivity index (χ3v) is 5.25. The Labute approximate surface area is 190 Å². The van der Waals surface area contributed by atoms with Crippen molar-refractivity contribution < 1.29 is 22.8 Å². The van der Waals surface area contributed by atoms with Crippen molar-refractivity contribution in [3.63, 3.8) is 0 Å². The summed E-state index contributed by atoms with van der Waals surface area (Å²) in [5.74, 6) is -1.34. The fourth-order valence-corrected chi connectivity index (χ4v) is 3.26. The van der Waals surface area contributed by atoms with Gasteiger partial charge >= 0.3 is 6.18 Å². The van der Waals surface area contributed by atoms with Gasteiger partial charge in [0.15, 0.2) is 0 Å². The Hall–Kier alpha value is -2.95. The summed E-state index contributed by atoms with van der Waals surface area (Å²) in [5, 5.41) is 5.09. The average molecular weight is 466 g/mol. The molecule has 33 heavy (non-hydrogen) atoms. The van der Waals surface area contributed by atoms with Gasteiger partial charge in [-0.15, -0.1) is 0 Å². The highest BCUT2D eigenvalue weighted by Crippen LogP contribution is 2.30. The topological polar surface area (TPSA) is 136 Å². The lowest BCUT2D eigenvalue weighted by molar-refractivity contribution is -0.137. The molecule has 7 nitrogen and oxygen atoms in total. The Morgan fingerprint density at radius 2 is 1.61 bits per heavy atom. The summed E-state index contributed by atoms with van der Waals surface area (Å²) in [6, 6.07) is 11.7. The fraction of sp³-hybridized carbons (Fsp3) is 0.391. The molecule has 2 aromatic carbocycles. The molecule has 2 amide bonds. The largest absolute Gasteiger partial charge is 0.416 e. The molecule has 2 atom stereocenters. The minimum Gasteiger partial charge on any atom is -0.343 e. The number of rotatable bonds is 11. The number of anilines is 1. The Balaban J connectivity index is 2.13. The van der Waals surface area contributed by atoms with E-state index in [1.54, 1.807) is 0 Å². The van der Waals surface area contributed by atoms with Gasteiger partial charge in [-0.1, -0.05) is 36.4 Å². The van der Waals surface area contributed by atoms with E-state index in [0.29, 0.717) is 6.42 Å². The normalized spacial score (nSPS) is 13.4. The van der Waals surface area contributed by atoms with E-state index in [0.717, 1.165) is 17.7 Å². The molecule has 10 heteroatoms. The van der Waals surface area contributed by atoms with Crippen molar-refractivity contribution in [2.24, 2.45) is 23.1 Å². The molecule has 0 aliphatic carbocycles. The molecule has 2 aromatic rings. The summed E-state index contributed by atoms with van der Waals surface area (Å²) >= 11 is 0. The molecule has 2 rings (SSSR count). The van der Waals surface area contributed by atoms with Gasteiger partial charge in [-0.3, -0.25) is 9.59 Å². The monoisotopic (exact) mass is 465 g/mol. The van der Waals surface area contributed by atoms with E-state index >= 15 is 0 Å². The molecule has 180 valence electrons. The number of nitrogens with two attached hydrogens (primary N) is 3. The standard InChI is InChI=1S/C23H30F3N5O2/c24-23(25,26)17-7-4-8-18(12-17)30-22(33)20(10-9-15-5-2-1-3-6-15)31-21(32)19(29)11-16(13-27)14-28/h1-8,12,16,19-20H,9-11,13-14,27-29H2,(H,30,33)(H,31,32)/t19-,20-/m0/s1. The number of carbonyl (C=O) groups is 2. The van der Waals surface area contributed by atoms with Gasteiger partial charge in [0.25, 0.3) is 0 Å². The number of alkyl halides is 3. The molecule has 0 heterocycles. The number of aryl methyl sites for hydroxylation is 1. The summed E-state index contributed by atoms with van der Waals surface area (Å²) in [5.41, 5.74) is 17.2. The molecule has 0 aliphatic rings. The van der Waals surface area contributed by atoms with Crippen molar-refractivity contribution in [1.29, 1.82) is 0 Å². The van der Waals surface area contributed by atoms with Gasteiger partial charge in [-0.05, 0) is 62.0 Å². The second-order valence-corrected chi connectivity index (χ2v) is 7.83. The molecule has 0 unspecified atom stereocenters. The Morgan fingerprint density at radius 3 is 2.21 bits per heavy atom. The van der Waals surface area contributed by atoms with E-state index in [4.69, 9.17) is 17.2 Å². The summed E-state index contributed by atoms with van der Waals surface area (Å²) < 4.78 is 39.0. The van der Waals surface area contributed by atoms with Gasteiger partial charge in [0.05, 0.1) is 11.6 Å². The van der Waals surface area contributed by atoms with E-state index in [1.165, 1.54) is 12.1 Å². The van der Waals surface area contributed by atoms with Crippen LogP contribution in [-0.4, -0.2) is 37.0 Å². The van der Waals surface area contributed by atoms with Crippen molar-refractivity contribution in [1.82, 2.24) is 5.32 Å². The number of hydrogen-bond acceptors (Lipinski definition) is 5. The average Bonchev–Trinajstić information content (AvgIpc) is 2.80. The highest BCUT2D eigenvalue weighted by Gasteiger charge is 2.31. The van der Waals surface area contributed by atoms with Crippen LogP contribution in [0.4, 0.5) is 18.9 Å². The van der Waals surface area contributed by atoms with Crippen LogP contribution >= 0.6 is 0 Å². The lowest BCUT2D eigenvalue weighted by atomic mass is 9.99. The minimum atomic E-state index is -4.54. The molecule has 0 saturated carbocycles. The Kier molecular flexibility index (Phi) is 9.83. The van der Waals surface area contributed by atoms with E-state index in [2.05, 4.69) is 10.6 Å². The first-order valence-electron chi connectivity index (χ1n) is 10.6. The first kappa shape index (κ1) is 26.3. The van der Waals surface area contributed by atoms with Crippen LogP contribution in [0, 0.1) is 5.92 Å². The third-order valence-electron chi connectivity index (χ3n) is 5.25.